The van der Waals surface area contributed by atoms with Gasteiger partial charge < -0.3 is 15.4 Å². The molecule has 1 unspecified atom stereocenters. The molecule has 1 atom stereocenters. The van der Waals surface area contributed by atoms with Gasteiger partial charge in [0.1, 0.15) is 5.82 Å². The van der Waals surface area contributed by atoms with E-state index in [0.717, 1.165) is 56.0 Å². The zero-order chi connectivity index (χ0) is 19.0. The molecule has 1 aromatic heterocycles. The molecule has 1 aliphatic carbocycles. The van der Waals surface area contributed by atoms with E-state index < -0.39 is 0 Å². The molecule has 0 bridgehead atoms. The Morgan fingerprint density at radius 1 is 1.04 bits per heavy atom. The summed E-state index contributed by atoms with van der Waals surface area (Å²) >= 11 is 0. The van der Waals surface area contributed by atoms with Crippen molar-refractivity contribution in [2.45, 2.75) is 51.0 Å². The van der Waals surface area contributed by atoms with Gasteiger partial charge in [0.15, 0.2) is 0 Å². The van der Waals surface area contributed by atoms with Gasteiger partial charge in [0.25, 0.3) is 0 Å². The summed E-state index contributed by atoms with van der Waals surface area (Å²) in [4.78, 5) is 9.43. The first kappa shape index (κ1) is 18.9. The maximum Gasteiger partial charge on any atom is 0.225 e. The van der Waals surface area contributed by atoms with Crippen LogP contribution in [0.15, 0.2) is 48.0 Å². The van der Waals surface area contributed by atoms with Crippen LogP contribution in [0.4, 0.5) is 11.8 Å². The average Bonchev–Trinajstić information content (AvgIpc) is 3.27. The van der Waals surface area contributed by atoms with E-state index in [2.05, 4.69) is 28.8 Å². The number of hydrogen-bond donors (Lipinski definition) is 2. The van der Waals surface area contributed by atoms with E-state index in [1.54, 1.807) is 5.57 Å². The number of aromatic nitrogens is 2. The zero-order valence-electron chi connectivity index (χ0n) is 16.5. The molecule has 1 saturated heterocycles. The predicted octanol–water partition coefficient (Wildman–Crippen LogP) is 5.04. The van der Waals surface area contributed by atoms with Crippen molar-refractivity contribution < 1.29 is 4.74 Å². The molecule has 1 fully saturated rings. The highest BCUT2D eigenvalue weighted by atomic mass is 16.5. The highest BCUT2D eigenvalue weighted by Crippen LogP contribution is 2.23. The largest absolute Gasteiger partial charge is 0.376 e. The Kier molecular flexibility index (Phi) is 6.56. The smallest absolute Gasteiger partial charge is 0.225 e. The Labute approximate surface area is 167 Å². The van der Waals surface area contributed by atoms with Gasteiger partial charge in [-0.3, -0.25) is 0 Å². The van der Waals surface area contributed by atoms with Crippen molar-refractivity contribution in [3.05, 3.63) is 48.0 Å². The van der Waals surface area contributed by atoms with Crippen LogP contribution in [0.2, 0.25) is 0 Å². The Hall–Kier alpha value is -2.40. The van der Waals surface area contributed by atoms with Crippen LogP contribution in [-0.2, 0) is 4.74 Å². The number of ether oxygens (including phenoxy) is 1. The minimum Gasteiger partial charge on any atom is -0.376 e. The van der Waals surface area contributed by atoms with Gasteiger partial charge in [0.2, 0.25) is 5.95 Å². The molecule has 0 spiro atoms. The van der Waals surface area contributed by atoms with Gasteiger partial charge >= 0.3 is 0 Å². The molecule has 1 aromatic carbocycles. The maximum absolute atomic E-state index is 5.71. The summed E-state index contributed by atoms with van der Waals surface area (Å²) < 4.78 is 5.71. The summed E-state index contributed by atoms with van der Waals surface area (Å²) in [6.45, 7) is 2.52. The molecule has 2 heterocycles. The zero-order valence-corrected chi connectivity index (χ0v) is 16.5. The number of allylic oxidation sites excluding steroid dienone is 1. The van der Waals surface area contributed by atoms with E-state index in [-0.39, 0.29) is 6.10 Å². The lowest BCUT2D eigenvalue weighted by Gasteiger charge is -2.15. The summed E-state index contributed by atoms with van der Waals surface area (Å²) in [7, 11) is 0. The molecule has 2 N–H and O–H groups in total. The van der Waals surface area contributed by atoms with Crippen molar-refractivity contribution in [1.82, 2.24) is 9.97 Å². The number of anilines is 2. The van der Waals surface area contributed by atoms with Crippen LogP contribution in [-0.4, -0.2) is 35.8 Å². The normalized spacial score (nSPS) is 19.3. The standard InChI is InChI=1S/C23H30N4O/c1-3-8-18(9-4-1)13-14-24-22-16-21(19-10-5-2-6-11-19)26-23(27-22)25-17-20-12-7-15-28-20/h2,5-6,8,10-11,16,20H,1,3-4,7,9,12-15,17H2,(H2,24,25,26,27). The second kappa shape index (κ2) is 9.69. The molecule has 2 aromatic rings. The molecule has 28 heavy (non-hydrogen) atoms. The Balaban J connectivity index is 1.45. The van der Waals surface area contributed by atoms with Crippen molar-refractivity contribution >= 4 is 11.8 Å². The summed E-state index contributed by atoms with van der Waals surface area (Å²) in [6, 6.07) is 12.3. The first-order chi connectivity index (χ1) is 13.9. The second-order valence-electron chi connectivity index (χ2n) is 7.63. The third-order valence-electron chi connectivity index (χ3n) is 5.44. The lowest BCUT2D eigenvalue weighted by atomic mass is 9.97. The van der Waals surface area contributed by atoms with Crippen molar-refractivity contribution in [1.29, 1.82) is 0 Å². The Morgan fingerprint density at radius 3 is 2.75 bits per heavy atom. The van der Waals surface area contributed by atoms with E-state index in [1.165, 1.54) is 25.7 Å². The molecule has 1 aliphatic heterocycles. The van der Waals surface area contributed by atoms with Crippen LogP contribution >= 0.6 is 0 Å². The lowest BCUT2D eigenvalue weighted by molar-refractivity contribution is 0.120. The highest BCUT2D eigenvalue weighted by molar-refractivity contribution is 5.64. The van der Waals surface area contributed by atoms with Gasteiger partial charge in [-0.15, -0.1) is 0 Å². The Morgan fingerprint density at radius 2 is 1.96 bits per heavy atom. The van der Waals surface area contributed by atoms with Gasteiger partial charge in [-0.05, 0) is 44.9 Å². The fourth-order valence-electron chi connectivity index (χ4n) is 3.87. The number of hydrogen-bond acceptors (Lipinski definition) is 5. The third kappa shape index (κ3) is 5.32. The molecule has 0 saturated carbocycles. The molecule has 148 valence electrons. The fourth-order valence-corrected chi connectivity index (χ4v) is 3.87. The van der Waals surface area contributed by atoms with E-state index in [4.69, 9.17) is 14.7 Å². The number of nitrogens with zero attached hydrogens (tertiary/aromatic N) is 2. The monoisotopic (exact) mass is 378 g/mol. The van der Waals surface area contributed by atoms with Gasteiger partial charge in [0.05, 0.1) is 11.8 Å². The quantitative estimate of drug-likeness (QED) is 0.631. The van der Waals surface area contributed by atoms with Gasteiger partial charge in [-0.1, -0.05) is 42.0 Å². The molecule has 4 rings (SSSR count). The van der Waals surface area contributed by atoms with E-state index in [0.29, 0.717) is 5.95 Å². The minimum atomic E-state index is 0.263. The van der Waals surface area contributed by atoms with Crippen molar-refractivity contribution in [2.24, 2.45) is 0 Å². The molecule has 0 radical (unpaired) electrons. The third-order valence-corrected chi connectivity index (χ3v) is 5.44. The van der Waals surface area contributed by atoms with Crippen molar-refractivity contribution in [3.63, 3.8) is 0 Å². The molecule has 5 heteroatoms. The topological polar surface area (TPSA) is 59.1 Å². The van der Waals surface area contributed by atoms with Crippen LogP contribution in [0.3, 0.4) is 0 Å². The molecule has 5 nitrogen and oxygen atoms in total. The average molecular weight is 379 g/mol. The van der Waals surface area contributed by atoms with Crippen LogP contribution in [0.25, 0.3) is 11.3 Å². The summed E-state index contributed by atoms with van der Waals surface area (Å²) in [5.41, 5.74) is 3.61. The fraction of sp³-hybridized carbons (Fsp3) is 0.478. The molecule has 0 amide bonds. The minimum absolute atomic E-state index is 0.263. The number of benzene rings is 1. The first-order valence-electron chi connectivity index (χ1n) is 10.6. The van der Waals surface area contributed by atoms with Crippen LogP contribution in [0, 0.1) is 0 Å². The predicted molar refractivity (Wildman–Crippen MR) is 115 cm³/mol. The second-order valence-corrected chi connectivity index (χ2v) is 7.63. The van der Waals surface area contributed by atoms with Crippen LogP contribution in [0.5, 0.6) is 0 Å². The summed E-state index contributed by atoms with van der Waals surface area (Å²) in [5, 5.41) is 6.89. The van der Waals surface area contributed by atoms with Crippen LogP contribution in [0.1, 0.15) is 44.9 Å². The maximum atomic E-state index is 5.71. The molecular weight excluding hydrogens is 348 g/mol. The number of rotatable bonds is 8. The van der Waals surface area contributed by atoms with E-state index in [1.807, 2.05) is 24.3 Å². The Bertz CT molecular complexity index is 784. The van der Waals surface area contributed by atoms with E-state index in [9.17, 15) is 0 Å². The van der Waals surface area contributed by atoms with Crippen LogP contribution < -0.4 is 10.6 Å². The SMILES string of the molecule is C1=C(CCNc2cc(-c3ccccc3)nc(NCC3CCCO3)n2)CCCC1. The highest BCUT2D eigenvalue weighted by Gasteiger charge is 2.16. The van der Waals surface area contributed by atoms with Crippen molar-refractivity contribution in [3.8, 4) is 11.3 Å². The summed E-state index contributed by atoms with van der Waals surface area (Å²) in [5.74, 6) is 1.54. The lowest BCUT2D eigenvalue weighted by Crippen LogP contribution is -2.20. The van der Waals surface area contributed by atoms with Crippen molar-refractivity contribution in [2.75, 3.05) is 30.3 Å². The van der Waals surface area contributed by atoms with Gasteiger partial charge in [-0.2, -0.15) is 4.98 Å². The van der Waals surface area contributed by atoms with Gasteiger partial charge in [0, 0.05) is 31.3 Å². The number of nitrogens with one attached hydrogen (secondary N) is 2. The van der Waals surface area contributed by atoms with Gasteiger partial charge in [-0.25, -0.2) is 4.98 Å². The molecular formula is C23H30N4O. The molecule has 2 aliphatic rings. The van der Waals surface area contributed by atoms with E-state index >= 15 is 0 Å². The first-order valence-corrected chi connectivity index (χ1v) is 10.6. The summed E-state index contributed by atoms with van der Waals surface area (Å²) in [6.07, 6.45) is 11.1.